The minimum absolute atomic E-state index is 0.00347. The SMILES string of the molecule is C=C(C#N)C1(NCC)CC1. The van der Waals surface area contributed by atoms with Crippen LogP contribution in [0.15, 0.2) is 12.2 Å². The minimum Gasteiger partial charge on any atom is -0.307 e. The predicted molar refractivity (Wildman–Crippen MR) is 40.4 cm³/mol. The van der Waals surface area contributed by atoms with Crippen LogP contribution in [0, 0.1) is 11.3 Å². The van der Waals surface area contributed by atoms with Crippen LogP contribution in [0.4, 0.5) is 0 Å². The molecule has 1 aliphatic carbocycles. The number of nitriles is 1. The molecule has 0 aromatic heterocycles. The van der Waals surface area contributed by atoms with E-state index in [1.165, 1.54) is 0 Å². The molecule has 0 amide bonds. The molecule has 0 radical (unpaired) electrons. The normalized spacial score (nSPS) is 19.6. The Morgan fingerprint density at radius 3 is 2.70 bits per heavy atom. The van der Waals surface area contributed by atoms with Crippen LogP contribution in [0.1, 0.15) is 19.8 Å². The lowest BCUT2D eigenvalue weighted by Gasteiger charge is -2.12. The first-order valence-corrected chi connectivity index (χ1v) is 3.59. The van der Waals surface area contributed by atoms with E-state index in [1.54, 1.807) is 0 Å². The van der Waals surface area contributed by atoms with Crippen LogP contribution < -0.4 is 5.32 Å². The Hall–Kier alpha value is -0.810. The maximum absolute atomic E-state index is 8.55. The Morgan fingerprint density at radius 2 is 2.40 bits per heavy atom. The summed E-state index contributed by atoms with van der Waals surface area (Å²) in [6.07, 6.45) is 2.15. The Balaban J connectivity index is 2.54. The van der Waals surface area contributed by atoms with E-state index in [0.29, 0.717) is 5.57 Å². The van der Waals surface area contributed by atoms with Crippen molar-refractivity contribution in [2.75, 3.05) is 6.54 Å². The second kappa shape index (κ2) is 2.43. The van der Waals surface area contributed by atoms with Crippen molar-refractivity contribution in [3.8, 4) is 6.07 Å². The van der Waals surface area contributed by atoms with E-state index < -0.39 is 0 Å². The largest absolute Gasteiger partial charge is 0.307 e. The molecule has 10 heavy (non-hydrogen) atoms. The lowest BCUT2D eigenvalue weighted by Crippen LogP contribution is -2.31. The van der Waals surface area contributed by atoms with Gasteiger partial charge in [-0.05, 0) is 19.4 Å². The predicted octanol–water partition coefficient (Wildman–Crippen LogP) is 1.21. The third-order valence-electron chi connectivity index (χ3n) is 1.98. The highest BCUT2D eigenvalue weighted by molar-refractivity contribution is 5.36. The van der Waals surface area contributed by atoms with Gasteiger partial charge in [0.1, 0.15) is 0 Å². The smallest absolute Gasteiger partial charge is 0.0960 e. The van der Waals surface area contributed by atoms with Crippen molar-refractivity contribution < 1.29 is 0 Å². The van der Waals surface area contributed by atoms with Gasteiger partial charge in [-0.3, -0.25) is 0 Å². The van der Waals surface area contributed by atoms with Gasteiger partial charge in [0.25, 0.3) is 0 Å². The summed E-state index contributed by atoms with van der Waals surface area (Å²) >= 11 is 0. The van der Waals surface area contributed by atoms with Crippen LogP contribution in [0.2, 0.25) is 0 Å². The first-order valence-electron chi connectivity index (χ1n) is 3.59. The van der Waals surface area contributed by atoms with Gasteiger partial charge in [0, 0.05) is 5.57 Å². The fraction of sp³-hybridized carbons (Fsp3) is 0.625. The zero-order valence-electron chi connectivity index (χ0n) is 6.28. The monoisotopic (exact) mass is 136 g/mol. The van der Waals surface area contributed by atoms with E-state index in [1.807, 2.05) is 6.92 Å². The highest BCUT2D eigenvalue weighted by Gasteiger charge is 2.44. The summed E-state index contributed by atoms with van der Waals surface area (Å²) in [7, 11) is 0. The summed E-state index contributed by atoms with van der Waals surface area (Å²) in [6, 6.07) is 2.10. The van der Waals surface area contributed by atoms with Crippen molar-refractivity contribution in [2.24, 2.45) is 0 Å². The van der Waals surface area contributed by atoms with Gasteiger partial charge in [-0.25, -0.2) is 0 Å². The first-order chi connectivity index (χ1) is 4.75. The van der Waals surface area contributed by atoms with E-state index in [0.717, 1.165) is 19.4 Å². The molecule has 54 valence electrons. The van der Waals surface area contributed by atoms with E-state index >= 15 is 0 Å². The fourth-order valence-electron chi connectivity index (χ4n) is 1.16. The van der Waals surface area contributed by atoms with Crippen molar-refractivity contribution in [2.45, 2.75) is 25.3 Å². The highest BCUT2D eigenvalue weighted by atomic mass is 15.0. The highest BCUT2D eigenvalue weighted by Crippen LogP contribution is 2.40. The standard InChI is InChI=1S/C8H12N2/c1-3-10-8(4-5-8)7(2)6-9/h10H,2-5H2,1H3. The Labute approximate surface area is 61.5 Å². The van der Waals surface area contributed by atoms with Crippen LogP contribution in [-0.2, 0) is 0 Å². The Bertz CT molecular complexity index is 184. The molecule has 2 nitrogen and oxygen atoms in total. The molecule has 0 aromatic rings. The van der Waals surface area contributed by atoms with Crippen LogP contribution >= 0.6 is 0 Å². The molecule has 1 saturated carbocycles. The summed E-state index contributed by atoms with van der Waals surface area (Å²) in [6.45, 7) is 6.67. The summed E-state index contributed by atoms with van der Waals surface area (Å²) < 4.78 is 0. The van der Waals surface area contributed by atoms with Crippen molar-refractivity contribution in [1.29, 1.82) is 5.26 Å². The molecule has 0 saturated heterocycles. The van der Waals surface area contributed by atoms with Gasteiger partial charge in [-0.1, -0.05) is 13.5 Å². The van der Waals surface area contributed by atoms with Gasteiger partial charge in [0.05, 0.1) is 11.6 Å². The van der Waals surface area contributed by atoms with Gasteiger partial charge in [-0.15, -0.1) is 0 Å². The van der Waals surface area contributed by atoms with Crippen LogP contribution in [0.5, 0.6) is 0 Å². The van der Waals surface area contributed by atoms with Gasteiger partial charge in [0.15, 0.2) is 0 Å². The fourth-order valence-corrected chi connectivity index (χ4v) is 1.16. The lowest BCUT2D eigenvalue weighted by atomic mass is 10.1. The zero-order valence-corrected chi connectivity index (χ0v) is 6.28. The maximum Gasteiger partial charge on any atom is 0.0960 e. The molecule has 1 aliphatic rings. The van der Waals surface area contributed by atoms with Crippen molar-refractivity contribution in [3.05, 3.63) is 12.2 Å². The summed E-state index contributed by atoms with van der Waals surface area (Å²) in [5, 5.41) is 11.8. The topological polar surface area (TPSA) is 35.8 Å². The number of nitrogens with one attached hydrogen (secondary N) is 1. The summed E-state index contributed by atoms with van der Waals surface area (Å²) in [4.78, 5) is 0. The molecular formula is C8H12N2. The van der Waals surface area contributed by atoms with Gasteiger partial charge < -0.3 is 5.32 Å². The average molecular weight is 136 g/mol. The van der Waals surface area contributed by atoms with Crippen molar-refractivity contribution in [3.63, 3.8) is 0 Å². The van der Waals surface area contributed by atoms with Crippen LogP contribution in [-0.4, -0.2) is 12.1 Å². The van der Waals surface area contributed by atoms with Crippen LogP contribution in [0.25, 0.3) is 0 Å². The lowest BCUT2D eigenvalue weighted by molar-refractivity contribution is 0.596. The number of nitrogens with zero attached hydrogens (tertiary/aromatic N) is 1. The molecule has 1 N–H and O–H groups in total. The third-order valence-corrected chi connectivity index (χ3v) is 1.98. The second-order valence-electron chi connectivity index (χ2n) is 2.70. The second-order valence-corrected chi connectivity index (χ2v) is 2.70. The molecule has 2 heteroatoms. The minimum atomic E-state index is 0.00347. The zero-order chi connectivity index (χ0) is 7.61. The number of hydrogen-bond acceptors (Lipinski definition) is 2. The van der Waals surface area contributed by atoms with Gasteiger partial charge in [0.2, 0.25) is 0 Å². The Morgan fingerprint density at radius 1 is 1.80 bits per heavy atom. The molecule has 0 atom stereocenters. The molecule has 0 aliphatic heterocycles. The van der Waals surface area contributed by atoms with Crippen molar-refractivity contribution in [1.82, 2.24) is 5.32 Å². The number of hydrogen-bond donors (Lipinski definition) is 1. The quantitative estimate of drug-likeness (QED) is 0.592. The molecule has 1 fully saturated rings. The number of rotatable bonds is 3. The number of likely N-dealkylation sites (N-methyl/N-ethyl adjacent to an activating group) is 1. The van der Waals surface area contributed by atoms with Crippen LogP contribution in [0.3, 0.4) is 0 Å². The molecule has 0 aromatic carbocycles. The van der Waals surface area contributed by atoms with Crippen molar-refractivity contribution >= 4 is 0 Å². The van der Waals surface area contributed by atoms with Gasteiger partial charge in [-0.2, -0.15) is 5.26 Å². The molecule has 0 unspecified atom stereocenters. The first kappa shape index (κ1) is 7.30. The van der Waals surface area contributed by atoms with E-state index in [4.69, 9.17) is 5.26 Å². The summed E-state index contributed by atoms with van der Waals surface area (Å²) in [5.41, 5.74) is 0.693. The Kier molecular flexibility index (Phi) is 1.78. The van der Waals surface area contributed by atoms with Gasteiger partial charge >= 0.3 is 0 Å². The third kappa shape index (κ3) is 1.05. The molecule has 1 rings (SSSR count). The maximum atomic E-state index is 8.55. The molecule has 0 spiro atoms. The molecule has 0 bridgehead atoms. The van der Waals surface area contributed by atoms with E-state index in [-0.39, 0.29) is 5.54 Å². The average Bonchev–Trinajstić information content (AvgIpc) is 2.69. The van der Waals surface area contributed by atoms with E-state index in [2.05, 4.69) is 18.0 Å². The molecular weight excluding hydrogens is 124 g/mol. The van der Waals surface area contributed by atoms with E-state index in [9.17, 15) is 0 Å². The summed E-state index contributed by atoms with van der Waals surface area (Å²) in [5.74, 6) is 0. The molecule has 0 heterocycles.